The third-order valence-electron chi connectivity index (χ3n) is 2.20. The molecule has 1 heterocycles. The van der Waals surface area contributed by atoms with E-state index in [1.807, 2.05) is 0 Å². The molecule has 0 bridgehead atoms. The number of carbonyl (C=O) groups is 1. The summed E-state index contributed by atoms with van der Waals surface area (Å²) in [5.74, 6) is -1.07. The maximum absolute atomic E-state index is 10.8. The van der Waals surface area contributed by atoms with E-state index in [9.17, 15) is 9.90 Å². The van der Waals surface area contributed by atoms with Crippen molar-refractivity contribution < 1.29 is 15.0 Å². The maximum Gasteiger partial charge on any atom is 0.339 e. The molecule has 1 saturated carbocycles. The van der Waals surface area contributed by atoms with Crippen molar-refractivity contribution in [3.8, 4) is 5.75 Å². The van der Waals surface area contributed by atoms with E-state index in [2.05, 4.69) is 20.9 Å². The predicted octanol–water partition coefficient (Wildman–Crippen LogP) is 2.13. The summed E-state index contributed by atoms with van der Waals surface area (Å²) in [6, 6.07) is 1.44. The Balaban J connectivity index is 2.51. The van der Waals surface area contributed by atoms with Crippen molar-refractivity contribution in [1.29, 1.82) is 0 Å². The van der Waals surface area contributed by atoms with Crippen LogP contribution in [0.15, 0.2) is 10.7 Å². The van der Waals surface area contributed by atoms with Crippen LogP contribution in [0.3, 0.4) is 0 Å². The molecule has 4 nitrogen and oxygen atoms in total. The van der Waals surface area contributed by atoms with E-state index in [1.54, 1.807) is 0 Å². The van der Waals surface area contributed by atoms with Gasteiger partial charge in [0.1, 0.15) is 10.2 Å². The number of pyridine rings is 1. The normalized spacial score (nSPS) is 15.5. The molecule has 1 aliphatic carbocycles. The highest BCUT2D eigenvalue weighted by atomic mass is 79.9. The van der Waals surface area contributed by atoms with E-state index in [1.165, 1.54) is 6.07 Å². The van der Waals surface area contributed by atoms with Gasteiger partial charge < -0.3 is 10.2 Å². The third-order valence-corrected chi connectivity index (χ3v) is 2.75. The van der Waals surface area contributed by atoms with Crippen LogP contribution in [-0.2, 0) is 0 Å². The van der Waals surface area contributed by atoms with E-state index in [-0.39, 0.29) is 15.9 Å². The highest BCUT2D eigenvalue weighted by Crippen LogP contribution is 2.41. The van der Waals surface area contributed by atoms with Gasteiger partial charge >= 0.3 is 5.97 Å². The standard InChI is InChI=1S/C9H8BrNO3/c10-8-7(12)5(9(13)14)3-6(11-8)4-1-2-4/h3-4,12H,1-2H2,(H,13,14). The SMILES string of the molecule is O=C(O)c1cc(C2CC2)nc(Br)c1O. The highest BCUT2D eigenvalue weighted by Gasteiger charge is 2.27. The number of aromatic nitrogens is 1. The van der Waals surface area contributed by atoms with Crippen molar-refractivity contribution >= 4 is 21.9 Å². The Kier molecular flexibility index (Phi) is 2.19. The van der Waals surface area contributed by atoms with Gasteiger partial charge in [-0.1, -0.05) is 0 Å². The van der Waals surface area contributed by atoms with Gasteiger partial charge in [-0.05, 0) is 34.8 Å². The summed E-state index contributed by atoms with van der Waals surface area (Å²) in [6.07, 6.45) is 2.09. The van der Waals surface area contributed by atoms with Crippen molar-refractivity contribution in [2.75, 3.05) is 0 Å². The zero-order valence-electron chi connectivity index (χ0n) is 7.20. The fourth-order valence-corrected chi connectivity index (χ4v) is 1.70. The van der Waals surface area contributed by atoms with Gasteiger partial charge in [0.2, 0.25) is 0 Å². The summed E-state index contributed by atoms with van der Waals surface area (Å²) < 4.78 is 0.208. The van der Waals surface area contributed by atoms with Crippen molar-refractivity contribution in [2.45, 2.75) is 18.8 Å². The van der Waals surface area contributed by atoms with Crippen LogP contribution >= 0.6 is 15.9 Å². The first-order valence-corrected chi connectivity index (χ1v) is 5.01. The van der Waals surface area contributed by atoms with Crippen molar-refractivity contribution in [1.82, 2.24) is 4.98 Å². The number of aromatic hydroxyl groups is 1. The molecule has 1 aromatic heterocycles. The van der Waals surface area contributed by atoms with Gasteiger partial charge in [0.05, 0.1) is 0 Å². The van der Waals surface area contributed by atoms with Gasteiger partial charge in [-0.15, -0.1) is 0 Å². The van der Waals surface area contributed by atoms with Crippen LogP contribution in [0.5, 0.6) is 5.75 Å². The average Bonchev–Trinajstić information content (AvgIpc) is 2.91. The van der Waals surface area contributed by atoms with Crippen LogP contribution in [0.25, 0.3) is 0 Å². The third kappa shape index (κ3) is 1.59. The van der Waals surface area contributed by atoms with Crippen molar-refractivity contribution in [2.24, 2.45) is 0 Å². The second-order valence-electron chi connectivity index (χ2n) is 3.31. The summed E-state index contributed by atoms with van der Waals surface area (Å²) in [7, 11) is 0. The molecule has 5 heteroatoms. The zero-order valence-corrected chi connectivity index (χ0v) is 8.78. The summed E-state index contributed by atoms with van der Waals surface area (Å²) >= 11 is 3.04. The Bertz CT molecular complexity index is 401. The summed E-state index contributed by atoms with van der Waals surface area (Å²) in [5, 5.41) is 18.2. The molecular weight excluding hydrogens is 250 g/mol. The number of rotatable bonds is 2. The molecule has 2 N–H and O–H groups in total. The first-order valence-electron chi connectivity index (χ1n) is 4.22. The second-order valence-corrected chi connectivity index (χ2v) is 4.06. The number of hydrogen-bond donors (Lipinski definition) is 2. The molecule has 1 aliphatic rings. The van der Waals surface area contributed by atoms with Crippen LogP contribution in [0.1, 0.15) is 34.8 Å². The quantitative estimate of drug-likeness (QED) is 0.797. The van der Waals surface area contributed by atoms with Gasteiger partial charge in [0.25, 0.3) is 0 Å². The van der Waals surface area contributed by atoms with Gasteiger partial charge in [0, 0.05) is 11.6 Å². The predicted molar refractivity (Wildman–Crippen MR) is 52.5 cm³/mol. The molecule has 14 heavy (non-hydrogen) atoms. The number of nitrogens with zero attached hydrogens (tertiary/aromatic N) is 1. The van der Waals surface area contributed by atoms with Crippen LogP contribution in [0.4, 0.5) is 0 Å². The van der Waals surface area contributed by atoms with Crippen molar-refractivity contribution in [3.63, 3.8) is 0 Å². The molecule has 0 aliphatic heterocycles. The smallest absolute Gasteiger partial charge is 0.339 e. The van der Waals surface area contributed by atoms with Crippen LogP contribution in [-0.4, -0.2) is 21.2 Å². The van der Waals surface area contributed by atoms with E-state index < -0.39 is 5.97 Å². The summed E-state index contributed by atoms with van der Waals surface area (Å²) in [6.45, 7) is 0. The molecule has 74 valence electrons. The molecular formula is C9H8BrNO3. The minimum absolute atomic E-state index is 0.0891. The van der Waals surface area contributed by atoms with Crippen LogP contribution in [0, 0.1) is 0 Å². The minimum Gasteiger partial charge on any atom is -0.504 e. The first-order chi connectivity index (χ1) is 6.59. The average molecular weight is 258 g/mol. The Hall–Kier alpha value is -1.10. The molecule has 0 amide bonds. The fraction of sp³-hybridized carbons (Fsp3) is 0.333. The molecule has 0 spiro atoms. The Morgan fingerprint density at radius 2 is 2.21 bits per heavy atom. The van der Waals surface area contributed by atoms with E-state index in [0.29, 0.717) is 5.92 Å². The van der Waals surface area contributed by atoms with E-state index in [4.69, 9.17) is 5.11 Å². The fourth-order valence-electron chi connectivity index (χ4n) is 1.28. The molecule has 2 rings (SSSR count). The lowest BCUT2D eigenvalue weighted by molar-refractivity contribution is 0.0693. The molecule has 1 aromatic rings. The molecule has 0 unspecified atom stereocenters. The lowest BCUT2D eigenvalue weighted by atomic mass is 10.1. The minimum atomic E-state index is -1.13. The Labute approximate surface area is 88.7 Å². The lowest BCUT2D eigenvalue weighted by Crippen LogP contribution is -2.00. The van der Waals surface area contributed by atoms with Gasteiger partial charge in [0.15, 0.2) is 5.75 Å². The monoisotopic (exact) mass is 257 g/mol. The lowest BCUT2D eigenvalue weighted by Gasteiger charge is -2.04. The summed E-state index contributed by atoms with van der Waals surface area (Å²) in [5.41, 5.74) is 0.654. The number of carboxylic acids is 1. The van der Waals surface area contributed by atoms with Gasteiger partial charge in [-0.3, -0.25) is 0 Å². The largest absolute Gasteiger partial charge is 0.504 e. The Morgan fingerprint density at radius 1 is 1.57 bits per heavy atom. The number of aromatic carboxylic acids is 1. The Morgan fingerprint density at radius 3 is 2.71 bits per heavy atom. The topological polar surface area (TPSA) is 70.4 Å². The summed E-state index contributed by atoms with van der Waals surface area (Å²) in [4.78, 5) is 14.8. The highest BCUT2D eigenvalue weighted by molar-refractivity contribution is 9.10. The van der Waals surface area contributed by atoms with Gasteiger partial charge in [-0.25, -0.2) is 9.78 Å². The van der Waals surface area contributed by atoms with Gasteiger partial charge in [-0.2, -0.15) is 0 Å². The first kappa shape index (κ1) is 9.45. The maximum atomic E-state index is 10.8. The number of halogens is 1. The zero-order chi connectivity index (χ0) is 10.3. The van der Waals surface area contributed by atoms with E-state index >= 15 is 0 Å². The second kappa shape index (κ2) is 3.24. The molecule has 0 aromatic carbocycles. The van der Waals surface area contributed by atoms with Crippen molar-refractivity contribution in [3.05, 3.63) is 21.9 Å². The number of hydrogen-bond acceptors (Lipinski definition) is 3. The van der Waals surface area contributed by atoms with Crippen LogP contribution < -0.4 is 0 Å². The number of carboxylic acid groups (broad SMARTS) is 1. The van der Waals surface area contributed by atoms with Crippen LogP contribution in [0.2, 0.25) is 0 Å². The van der Waals surface area contributed by atoms with E-state index in [0.717, 1.165) is 18.5 Å². The molecule has 1 fully saturated rings. The molecule has 0 saturated heterocycles. The molecule has 0 radical (unpaired) electrons. The molecule has 0 atom stereocenters.